The van der Waals surface area contributed by atoms with Crippen LogP contribution in [0, 0.1) is 5.41 Å². The van der Waals surface area contributed by atoms with Gasteiger partial charge >= 0.3 is 0 Å². The third kappa shape index (κ3) is 4.24. The largest absolute Gasteiger partial charge is 0.497 e. The molecule has 1 aromatic heterocycles. The van der Waals surface area contributed by atoms with Crippen LogP contribution in [0.25, 0.3) is 0 Å². The lowest BCUT2D eigenvalue weighted by molar-refractivity contribution is 0.0590. The Morgan fingerprint density at radius 1 is 1.19 bits per heavy atom. The monoisotopic (exact) mass is 430 g/mol. The van der Waals surface area contributed by atoms with Crippen LogP contribution in [0.4, 0.5) is 0 Å². The zero-order valence-corrected chi connectivity index (χ0v) is 18.6. The second kappa shape index (κ2) is 8.84. The van der Waals surface area contributed by atoms with Crippen molar-refractivity contribution in [1.82, 2.24) is 20.0 Å². The van der Waals surface area contributed by atoms with Crippen LogP contribution in [-0.4, -0.2) is 73.9 Å². The molecule has 0 bridgehead atoms. The van der Waals surface area contributed by atoms with E-state index in [1.165, 1.54) is 0 Å². The van der Waals surface area contributed by atoms with Crippen LogP contribution in [-0.2, 0) is 11.3 Å². The molecule has 1 spiro atoms. The summed E-state index contributed by atoms with van der Waals surface area (Å²) in [7, 11) is 6.87. The highest BCUT2D eigenvalue weighted by Gasteiger charge is 2.47. The van der Waals surface area contributed by atoms with Gasteiger partial charge in [-0.2, -0.15) is 0 Å². The maximum absolute atomic E-state index is 13.1. The van der Waals surface area contributed by atoms with Crippen LogP contribution in [0.5, 0.6) is 11.5 Å². The maximum atomic E-state index is 13.1. The van der Waals surface area contributed by atoms with E-state index in [2.05, 4.69) is 22.1 Å². The van der Waals surface area contributed by atoms with E-state index in [9.17, 15) is 4.79 Å². The number of hydrogen-bond acceptors (Lipinski definition) is 8. The molecule has 2 saturated heterocycles. The fourth-order valence-corrected chi connectivity index (χ4v) is 4.82. The first kappa shape index (κ1) is 21.6. The first-order valence-corrected chi connectivity index (χ1v) is 10.5. The molecule has 1 aromatic carbocycles. The highest BCUT2D eigenvalue weighted by Crippen LogP contribution is 2.48. The SMILES string of the molecule is COCc1nnc(C2CC3(CCN(C(=O)c4ccc(OC)cc4OC)CC3)CN2C)o1. The Hall–Kier alpha value is -2.65. The van der Waals surface area contributed by atoms with Crippen LogP contribution >= 0.6 is 0 Å². The van der Waals surface area contributed by atoms with Gasteiger partial charge in [-0.05, 0) is 43.9 Å². The first-order chi connectivity index (χ1) is 15.0. The summed E-state index contributed by atoms with van der Waals surface area (Å²) in [6, 6.07) is 5.41. The third-order valence-electron chi connectivity index (χ3n) is 6.53. The summed E-state index contributed by atoms with van der Waals surface area (Å²) >= 11 is 0. The van der Waals surface area contributed by atoms with E-state index in [1.807, 2.05) is 4.90 Å². The highest BCUT2D eigenvalue weighted by molar-refractivity contribution is 5.97. The molecule has 0 N–H and O–H groups in total. The van der Waals surface area contributed by atoms with Gasteiger partial charge in [-0.1, -0.05) is 0 Å². The average molecular weight is 431 g/mol. The van der Waals surface area contributed by atoms with Gasteiger partial charge < -0.3 is 23.5 Å². The Balaban J connectivity index is 1.42. The molecule has 4 rings (SSSR count). The van der Waals surface area contributed by atoms with Crippen molar-refractivity contribution in [2.75, 3.05) is 48.0 Å². The Bertz CT molecular complexity index is 922. The lowest BCUT2D eigenvalue weighted by atomic mass is 9.76. The maximum Gasteiger partial charge on any atom is 0.257 e. The Labute approximate surface area is 182 Å². The predicted molar refractivity (Wildman–Crippen MR) is 112 cm³/mol. The number of likely N-dealkylation sites (tertiary alicyclic amines) is 2. The molecule has 2 fully saturated rings. The normalized spacial score (nSPS) is 20.9. The van der Waals surface area contributed by atoms with Crippen molar-refractivity contribution in [3.63, 3.8) is 0 Å². The molecule has 0 radical (unpaired) electrons. The fraction of sp³-hybridized carbons (Fsp3) is 0.591. The summed E-state index contributed by atoms with van der Waals surface area (Å²) in [4.78, 5) is 17.4. The summed E-state index contributed by atoms with van der Waals surface area (Å²) in [6.07, 6.45) is 2.83. The molecule has 3 heterocycles. The quantitative estimate of drug-likeness (QED) is 0.691. The minimum Gasteiger partial charge on any atom is -0.497 e. The molecule has 2 aliphatic heterocycles. The van der Waals surface area contributed by atoms with Crippen LogP contribution in [0.2, 0.25) is 0 Å². The molecule has 1 atom stereocenters. The molecule has 1 unspecified atom stereocenters. The Morgan fingerprint density at radius 2 is 1.97 bits per heavy atom. The number of carbonyl (C=O) groups is 1. The van der Waals surface area contributed by atoms with E-state index in [1.54, 1.807) is 39.5 Å². The number of rotatable bonds is 6. The number of methoxy groups -OCH3 is 3. The number of benzene rings is 1. The Morgan fingerprint density at radius 3 is 2.65 bits per heavy atom. The van der Waals surface area contributed by atoms with Gasteiger partial charge in [-0.15, -0.1) is 10.2 Å². The van der Waals surface area contributed by atoms with E-state index in [0.717, 1.165) is 25.8 Å². The number of aromatic nitrogens is 2. The zero-order chi connectivity index (χ0) is 22.0. The minimum absolute atomic E-state index is 0.00152. The average Bonchev–Trinajstić information content (AvgIpc) is 3.37. The predicted octanol–water partition coefficient (Wildman–Crippen LogP) is 2.53. The minimum atomic E-state index is -0.00152. The summed E-state index contributed by atoms with van der Waals surface area (Å²) < 4.78 is 21.5. The van der Waals surface area contributed by atoms with Gasteiger partial charge in [0.15, 0.2) is 0 Å². The van der Waals surface area contributed by atoms with E-state index in [-0.39, 0.29) is 17.4 Å². The van der Waals surface area contributed by atoms with Crippen molar-refractivity contribution in [3.8, 4) is 11.5 Å². The van der Waals surface area contributed by atoms with Gasteiger partial charge in [0, 0.05) is 32.8 Å². The van der Waals surface area contributed by atoms with Crippen molar-refractivity contribution in [2.24, 2.45) is 5.41 Å². The number of hydrogen-bond donors (Lipinski definition) is 0. The van der Waals surface area contributed by atoms with Gasteiger partial charge in [0.05, 0.1) is 25.8 Å². The standard InChI is InChI=1S/C22H30N4O5/c1-25-14-22(12-17(25)20-24-23-19(31-20)13-28-2)7-9-26(10-8-22)21(27)16-6-5-15(29-3)11-18(16)30-4/h5-6,11,17H,7-10,12-14H2,1-4H3. The van der Waals surface area contributed by atoms with Gasteiger partial charge in [0.2, 0.25) is 11.8 Å². The smallest absolute Gasteiger partial charge is 0.257 e. The summed E-state index contributed by atoms with van der Waals surface area (Å²) in [5.41, 5.74) is 0.716. The van der Waals surface area contributed by atoms with Gasteiger partial charge in [0.25, 0.3) is 5.91 Å². The molecule has 1 amide bonds. The lowest BCUT2D eigenvalue weighted by Gasteiger charge is -2.39. The van der Waals surface area contributed by atoms with Crippen molar-refractivity contribution < 1.29 is 23.4 Å². The third-order valence-corrected chi connectivity index (χ3v) is 6.53. The number of carbonyl (C=O) groups excluding carboxylic acids is 1. The van der Waals surface area contributed by atoms with Gasteiger partial charge in [-0.25, -0.2) is 0 Å². The number of amides is 1. The van der Waals surface area contributed by atoms with Crippen LogP contribution in [0.1, 0.15) is 47.4 Å². The molecule has 168 valence electrons. The molecule has 9 nitrogen and oxygen atoms in total. The molecule has 9 heteroatoms. The van der Waals surface area contributed by atoms with Crippen molar-refractivity contribution in [2.45, 2.75) is 31.9 Å². The van der Waals surface area contributed by atoms with Crippen molar-refractivity contribution >= 4 is 5.91 Å². The van der Waals surface area contributed by atoms with E-state index >= 15 is 0 Å². The molecule has 2 aliphatic rings. The van der Waals surface area contributed by atoms with E-state index < -0.39 is 0 Å². The lowest BCUT2D eigenvalue weighted by Crippen LogP contribution is -2.44. The van der Waals surface area contributed by atoms with Gasteiger partial charge in [0.1, 0.15) is 18.1 Å². The van der Waals surface area contributed by atoms with E-state index in [0.29, 0.717) is 48.5 Å². The van der Waals surface area contributed by atoms with Crippen LogP contribution < -0.4 is 9.47 Å². The van der Waals surface area contributed by atoms with Crippen molar-refractivity contribution in [1.29, 1.82) is 0 Å². The molecular formula is C22H30N4O5. The topological polar surface area (TPSA) is 90.2 Å². The molecule has 0 saturated carbocycles. The molecule has 31 heavy (non-hydrogen) atoms. The first-order valence-electron chi connectivity index (χ1n) is 10.5. The van der Waals surface area contributed by atoms with Crippen molar-refractivity contribution in [3.05, 3.63) is 35.5 Å². The molecular weight excluding hydrogens is 400 g/mol. The van der Waals surface area contributed by atoms with Crippen LogP contribution in [0.3, 0.4) is 0 Å². The zero-order valence-electron chi connectivity index (χ0n) is 18.6. The molecule has 2 aromatic rings. The van der Waals surface area contributed by atoms with Gasteiger partial charge in [-0.3, -0.25) is 9.69 Å². The summed E-state index contributed by atoms with van der Waals surface area (Å²) in [6.45, 7) is 2.70. The number of piperidine rings is 1. The second-order valence-electron chi connectivity index (χ2n) is 8.46. The fourth-order valence-electron chi connectivity index (χ4n) is 4.82. The highest BCUT2D eigenvalue weighted by atomic mass is 16.5. The Kier molecular flexibility index (Phi) is 6.15. The number of ether oxygens (including phenoxy) is 3. The molecule has 0 aliphatic carbocycles. The summed E-state index contributed by atoms with van der Waals surface area (Å²) in [5, 5.41) is 8.31. The van der Waals surface area contributed by atoms with E-state index in [4.69, 9.17) is 18.6 Å². The van der Waals surface area contributed by atoms with Crippen LogP contribution in [0.15, 0.2) is 22.6 Å². The second-order valence-corrected chi connectivity index (χ2v) is 8.46. The number of nitrogens with zero attached hydrogens (tertiary/aromatic N) is 4. The summed E-state index contributed by atoms with van der Waals surface area (Å²) in [5.74, 6) is 2.35.